The van der Waals surface area contributed by atoms with E-state index < -0.39 is 6.10 Å². The molecule has 1 N–H and O–H groups in total. The van der Waals surface area contributed by atoms with Crippen LogP contribution in [-0.2, 0) is 6.42 Å². The molecule has 0 saturated heterocycles. The van der Waals surface area contributed by atoms with Crippen molar-refractivity contribution in [3.63, 3.8) is 0 Å². The van der Waals surface area contributed by atoms with Gasteiger partial charge in [0.15, 0.2) is 0 Å². The summed E-state index contributed by atoms with van der Waals surface area (Å²) in [7, 11) is 1.57. The van der Waals surface area contributed by atoms with Gasteiger partial charge in [0, 0.05) is 16.5 Å². The molecule has 0 aliphatic carbocycles. The summed E-state index contributed by atoms with van der Waals surface area (Å²) in [6.07, 6.45) is -0.410. The Labute approximate surface area is 126 Å². The molecule has 0 radical (unpaired) electrons. The zero-order chi connectivity index (χ0) is 14.7. The molecule has 2 nitrogen and oxygen atoms in total. The second-order valence-corrected chi connectivity index (χ2v) is 5.55. The van der Waals surface area contributed by atoms with Gasteiger partial charge in [-0.15, -0.1) is 0 Å². The third kappa shape index (κ3) is 3.38. The first kappa shape index (κ1) is 15.0. The SMILES string of the molecule is COc1cc(C)c(Br)cc1C(O)Cc1cccc(F)c1. The highest BCUT2D eigenvalue weighted by atomic mass is 79.9. The highest BCUT2D eigenvalue weighted by Crippen LogP contribution is 2.32. The first-order valence-corrected chi connectivity index (χ1v) is 7.07. The van der Waals surface area contributed by atoms with E-state index in [9.17, 15) is 9.50 Å². The Hall–Kier alpha value is -1.39. The smallest absolute Gasteiger partial charge is 0.125 e. The molecule has 1 unspecified atom stereocenters. The third-order valence-corrected chi connectivity index (χ3v) is 4.04. The molecule has 0 fully saturated rings. The van der Waals surface area contributed by atoms with Gasteiger partial charge in [0.05, 0.1) is 13.2 Å². The van der Waals surface area contributed by atoms with Gasteiger partial charge < -0.3 is 9.84 Å². The molecule has 0 aromatic heterocycles. The van der Waals surface area contributed by atoms with Crippen molar-refractivity contribution >= 4 is 15.9 Å². The van der Waals surface area contributed by atoms with E-state index in [0.717, 1.165) is 15.6 Å². The summed E-state index contributed by atoms with van der Waals surface area (Å²) in [5.74, 6) is 0.335. The topological polar surface area (TPSA) is 29.5 Å². The summed E-state index contributed by atoms with van der Waals surface area (Å²) >= 11 is 3.45. The molecule has 20 heavy (non-hydrogen) atoms. The molecule has 2 aromatic rings. The molecule has 0 aliphatic rings. The van der Waals surface area contributed by atoms with Gasteiger partial charge in [0.2, 0.25) is 0 Å². The van der Waals surface area contributed by atoms with E-state index in [1.807, 2.05) is 19.1 Å². The minimum absolute atomic E-state index is 0.299. The lowest BCUT2D eigenvalue weighted by atomic mass is 9.99. The van der Waals surface area contributed by atoms with Gasteiger partial charge in [-0.1, -0.05) is 28.1 Å². The van der Waals surface area contributed by atoms with E-state index in [0.29, 0.717) is 17.7 Å². The number of hydrogen-bond donors (Lipinski definition) is 1. The molecule has 106 valence electrons. The van der Waals surface area contributed by atoms with E-state index in [2.05, 4.69) is 15.9 Å². The second-order valence-electron chi connectivity index (χ2n) is 4.69. The van der Waals surface area contributed by atoms with E-state index in [-0.39, 0.29) is 5.82 Å². The maximum Gasteiger partial charge on any atom is 0.125 e. The number of rotatable bonds is 4. The Bertz CT molecular complexity index is 613. The highest BCUT2D eigenvalue weighted by Gasteiger charge is 2.16. The minimum atomic E-state index is -0.747. The third-order valence-electron chi connectivity index (χ3n) is 3.19. The number of benzene rings is 2. The van der Waals surface area contributed by atoms with Crippen LogP contribution < -0.4 is 4.74 Å². The van der Waals surface area contributed by atoms with E-state index >= 15 is 0 Å². The normalized spacial score (nSPS) is 12.2. The summed E-state index contributed by atoms with van der Waals surface area (Å²) < 4.78 is 19.4. The van der Waals surface area contributed by atoms with Crippen molar-refractivity contribution < 1.29 is 14.2 Å². The first-order chi connectivity index (χ1) is 9.51. The zero-order valence-corrected chi connectivity index (χ0v) is 12.9. The van der Waals surface area contributed by atoms with Crippen molar-refractivity contribution in [3.8, 4) is 5.75 Å². The van der Waals surface area contributed by atoms with Crippen LogP contribution in [0.15, 0.2) is 40.9 Å². The van der Waals surface area contributed by atoms with Crippen LogP contribution in [0.1, 0.15) is 22.8 Å². The average molecular weight is 339 g/mol. The van der Waals surface area contributed by atoms with Crippen molar-refractivity contribution in [1.29, 1.82) is 0 Å². The molecule has 2 rings (SSSR count). The number of aliphatic hydroxyl groups excluding tert-OH is 1. The molecular formula is C16H16BrFO2. The maximum atomic E-state index is 13.2. The average Bonchev–Trinajstić information content (AvgIpc) is 2.41. The van der Waals surface area contributed by atoms with E-state index in [1.54, 1.807) is 19.2 Å². The van der Waals surface area contributed by atoms with Crippen molar-refractivity contribution in [2.45, 2.75) is 19.4 Å². The molecule has 2 aromatic carbocycles. The van der Waals surface area contributed by atoms with Crippen molar-refractivity contribution in [2.24, 2.45) is 0 Å². The fourth-order valence-electron chi connectivity index (χ4n) is 2.10. The minimum Gasteiger partial charge on any atom is -0.496 e. The molecule has 0 saturated carbocycles. The predicted molar refractivity (Wildman–Crippen MR) is 80.5 cm³/mol. The quantitative estimate of drug-likeness (QED) is 0.905. The Morgan fingerprint density at radius 1 is 1.30 bits per heavy atom. The largest absolute Gasteiger partial charge is 0.496 e. The van der Waals surface area contributed by atoms with Gasteiger partial charge in [-0.3, -0.25) is 0 Å². The lowest BCUT2D eigenvalue weighted by Gasteiger charge is -2.16. The predicted octanol–water partition coefficient (Wildman–Crippen LogP) is 4.18. The fourth-order valence-corrected chi connectivity index (χ4v) is 2.47. The van der Waals surface area contributed by atoms with Crippen LogP contribution in [0.3, 0.4) is 0 Å². The molecule has 0 amide bonds. The van der Waals surface area contributed by atoms with Crippen LogP contribution >= 0.6 is 15.9 Å². The summed E-state index contributed by atoms with van der Waals surface area (Å²) in [6, 6.07) is 9.96. The van der Waals surface area contributed by atoms with Crippen LogP contribution in [0.25, 0.3) is 0 Å². The Kier molecular flexibility index (Phi) is 4.78. The number of ether oxygens (including phenoxy) is 1. The van der Waals surface area contributed by atoms with E-state index in [4.69, 9.17) is 4.74 Å². The molecule has 0 bridgehead atoms. The highest BCUT2D eigenvalue weighted by molar-refractivity contribution is 9.10. The molecule has 0 heterocycles. The van der Waals surface area contributed by atoms with Crippen molar-refractivity contribution in [3.05, 3.63) is 63.4 Å². The standard InChI is InChI=1S/C16H16BrFO2/c1-10-6-16(20-2)13(9-14(10)17)15(19)8-11-4-3-5-12(18)7-11/h3-7,9,15,19H,8H2,1-2H3. The van der Waals surface area contributed by atoms with Crippen LogP contribution in [-0.4, -0.2) is 12.2 Å². The molecule has 1 atom stereocenters. The van der Waals surface area contributed by atoms with Crippen LogP contribution in [0.5, 0.6) is 5.75 Å². The lowest BCUT2D eigenvalue weighted by Crippen LogP contribution is -2.05. The van der Waals surface area contributed by atoms with Crippen LogP contribution in [0.2, 0.25) is 0 Å². The summed E-state index contributed by atoms with van der Waals surface area (Å²) in [4.78, 5) is 0. The van der Waals surface area contributed by atoms with Crippen molar-refractivity contribution in [2.75, 3.05) is 7.11 Å². The number of hydrogen-bond acceptors (Lipinski definition) is 2. The first-order valence-electron chi connectivity index (χ1n) is 6.28. The summed E-state index contributed by atoms with van der Waals surface area (Å²) in [6.45, 7) is 1.95. The van der Waals surface area contributed by atoms with Gasteiger partial charge >= 0.3 is 0 Å². The van der Waals surface area contributed by atoms with Crippen LogP contribution in [0.4, 0.5) is 4.39 Å². The Balaban J connectivity index is 2.29. The Morgan fingerprint density at radius 2 is 2.05 bits per heavy atom. The molecular weight excluding hydrogens is 323 g/mol. The molecule has 4 heteroatoms. The van der Waals surface area contributed by atoms with Gasteiger partial charge in [-0.2, -0.15) is 0 Å². The van der Waals surface area contributed by atoms with E-state index in [1.165, 1.54) is 12.1 Å². The Morgan fingerprint density at radius 3 is 2.70 bits per heavy atom. The maximum absolute atomic E-state index is 13.2. The molecule has 0 spiro atoms. The van der Waals surface area contributed by atoms with Gasteiger partial charge in [0.25, 0.3) is 0 Å². The van der Waals surface area contributed by atoms with Gasteiger partial charge in [0.1, 0.15) is 11.6 Å². The fraction of sp³-hybridized carbons (Fsp3) is 0.250. The van der Waals surface area contributed by atoms with Crippen LogP contribution in [0, 0.1) is 12.7 Å². The lowest BCUT2D eigenvalue weighted by molar-refractivity contribution is 0.174. The number of halogens is 2. The summed E-state index contributed by atoms with van der Waals surface area (Å²) in [5.41, 5.74) is 2.47. The van der Waals surface area contributed by atoms with Crippen molar-refractivity contribution in [1.82, 2.24) is 0 Å². The second kappa shape index (κ2) is 6.37. The summed E-state index contributed by atoms with van der Waals surface area (Å²) in [5, 5.41) is 10.4. The number of aryl methyl sites for hydroxylation is 1. The molecule has 0 aliphatic heterocycles. The van der Waals surface area contributed by atoms with Gasteiger partial charge in [-0.05, 0) is 42.3 Å². The zero-order valence-electron chi connectivity index (χ0n) is 11.4. The number of aliphatic hydroxyl groups is 1. The monoisotopic (exact) mass is 338 g/mol. The number of methoxy groups -OCH3 is 1. The van der Waals surface area contributed by atoms with Gasteiger partial charge in [-0.25, -0.2) is 4.39 Å².